The molecule has 0 atom stereocenters. The fraction of sp³-hybridized carbons (Fsp3) is 0.300. The van der Waals surface area contributed by atoms with Gasteiger partial charge in [0.2, 0.25) is 0 Å². The van der Waals surface area contributed by atoms with E-state index in [2.05, 4.69) is 42.9 Å². The van der Waals surface area contributed by atoms with Crippen LogP contribution in [0.4, 0.5) is 0 Å². The highest BCUT2D eigenvalue weighted by atomic mass is 14.7. The third-order valence-electron chi connectivity index (χ3n) is 1.69. The van der Waals surface area contributed by atoms with Gasteiger partial charge in [0.15, 0.2) is 0 Å². The van der Waals surface area contributed by atoms with Crippen LogP contribution in [-0.2, 0) is 13.0 Å². The van der Waals surface area contributed by atoms with Gasteiger partial charge in [-0.3, -0.25) is 4.99 Å². The summed E-state index contributed by atoms with van der Waals surface area (Å²) in [5.74, 6) is 0. The van der Waals surface area contributed by atoms with Crippen LogP contribution in [0.15, 0.2) is 29.3 Å². The average Bonchev–Trinajstić information content (AvgIpc) is 2.06. The van der Waals surface area contributed by atoms with Gasteiger partial charge in [0.05, 0.1) is 6.54 Å². The molecule has 0 aliphatic carbocycles. The van der Waals surface area contributed by atoms with Gasteiger partial charge in [-0.05, 0) is 24.3 Å². The van der Waals surface area contributed by atoms with Crippen LogP contribution < -0.4 is 0 Å². The number of hydrogen-bond acceptors (Lipinski definition) is 1. The standard InChI is InChI=1S/C10H13N/c1-3-9-5-4-6-10(7-9)8-11-2/h4-7H,2-3,8H2,1H3. The number of aliphatic imine (C=N–C) groups is 1. The average molecular weight is 147 g/mol. The summed E-state index contributed by atoms with van der Waals surface area (Å²) in [5.41, 5.74) is 2.62. The Hall–Kier alpha value is -1.11. The summed E-state index contributed by atoms with van der Waals surface area (Å²) < 4.78 is 0. The van der Waals surface area contributed by atoms with Crippen molar-refractivity contribution in [3.05, 3.63) is 35.4 Å². The molecule has 58 valence electrons. The van der Waals surface area contributed by atoms with E-state index in [4.69, 9.17) is 0 Å². The fourth-order valence-corrected chi connectivity index (χ4v) is 1.08. The molecular formula is C10H13N. The van der Waals surface area contributed by atoms with Crippen LogP contribution in [0.1, 0.15) is 18.1 Å². The highest BCUT2D eigenvalue weighted by molar-refractivity contribution is 5.27. The summed E-state index contributed by atoms with van der Waals surface area (Å²) in [5, 5.41) is 0. The fourth-order valence-electron chi connectivity index (χ4n) is 1.08. The topological polar surface area (TPSA) is 12.4 Å². The van der Waals surface area contributed by atoms with E-state index in [1.54, 1.807) is 0 Å². The molecule has 0 fully saturated rings. The van der Waals surface area contributed by atoms with Crippen molar-refractivity contribution in [2.75, 3.05) is 0 Å². The van der Waals surface area contributed by atoms with Gasteiger partial charge in [0.1, 0.15) is 0 Å². The summed E-state index contributed by atoms with van der Waals surface area (Å²) in [6.07, 6.45) is 1.09. The van der Waals surface area contributed by atoms with E-state index in [0.717, 1.165) is 13.0 Å². The molecule has 0 spiro atoms. The molecule has 0 amide bonds. The summed E-state index contributed by atoms with van der Waals surface area (Å²) in [7, 11) is 0. The SMILES string of the molecule is C=NCc1cccc(CC)c1. The highest BCUT2D eigenvalue weighted by Gasteiger charge is 1.91. The third-order valence-corrected chi connectivity index (χ3v) is 1.69. The van der Waals surface area contributed by atoms with Crippen molar-refractivity contribution in [1.82, 2.24) is 0 Å². The number of benzene rings is 1. The second-order valence-corrected chi connectivity index (χ2v) is 2.56. The molecule has 0 saturated heterocycles. The first-order valence-corrected chi connectivity index (χ1v) is 3.87. The van der Waals surface area contributed by atoms with Crippen molar-refractivity contribution in [2.45, 2.75) is 19.9 Å². The molecule has 1 rings (SSSR count). The minimum atomic E-state index is 0.730. The maximum Gasteiger partial charge on any atom is 0.0632 e. The number of hydrogen-bond donors (Lipinski definition) is 0. The quantitative estimate of drug-likeness (QED) is 0.582. The lowest BCUT2D eigenvalue weighted by Crippen LogP contribution is -1.84. The Bertz CT molecular complexity index is 240. The first-order valence-electron chi connectivity index (χ1n) is 3.87. The van der Waals surface area contributed by atoms with Gasteiger partial charge in [-0.1, -0.05) is 31.2 Å². The zero-order valence-electron chi connectivity index (χ0n) is 6.88. The number of nitrogens with zero attached hydrogens (tertiary/aromatic N) is 1. The molecule has 0 unspecified atom stereocenters. The molecule has 0 aromatic heterocycles. The predicted molar refractivity (Wildman–Crippen MR) is 49.1 cm³/mol. The molecule has 11 heavy (non-hydrogen) atoms. The van der Waals surface area contributed by atoms with E-state index in [0.29, 0.717) is 0 Å². The van der Waals surface area contributed by atoms with Crippen LogP contribution in [0.3, 0.4) is 0 Å². The van der Waals surface area contributed by atoms with E-state index < -0.39 is 0 Å². The second kappa shape index (κ2) is 3.91. The monoisotopic (exact) mass is 147 g/mol. The minimum Gasteiger partial charge on any atom is -0.296 e. The molecule has 0 saturated carbocycles. The molecule has 0 N–H and O–H groups in total. The van der Waals surface area contributed by atoms with Crippen LogP contribution in [0.5, 0.6) is 0 Å². The number of aryl methyl sites for hydroxylation is 1. The van der Waals surface area contributed by atoms with Gasteiger partial charge in [-0.25, -0.2) is 0 Å². The van der Waals surface area contributed by atoms with E-state index in [9.17, 15) is 0 Å². The largest absolute Gasteiger partial charge is 0.296 e. The van der Waals surface area contributed by atoms with Crippen LogP contribution in [-0.4, -0.2) is 6.72 Å². The van der Waals surface area contributed by atoms with E-state index in [1.807, 2.05) is 0 Å². The Morgan fingerprint density at radius 1 is 1.36 bits per heavy atom. The van der Waals surface area contributed by atoms with Crippen LogP contribution in [0, 0.1) is 0 Å². The highest BCUT2D eigenvalue weighted by Crippen LogP contribution is 2.06. The Labute approximate surface area is 67.8 Å². The zero-order chi connectivity index (χ0) is 8.10. The third kappa shape index (κ3) is 2.19. The molecule has 0 heterocycles. The van der Waals surface area contributed by atoms with Crippen LogP contribution >= 0.6 is 0 Å². The lowest BCUT2D eigenvalue weighted by Gasteiger charge is -1.98. The molecule has 0 aliphatic rings. The second-order valence-electron chi connectivity index (χ2n) is 2.56. The van der Waals surface area contributed by atoms with E-state index in [-0.39, 0.29) is 0 Å². The molecule has 0 aliphatic heterocycles. The lowest BCUT2D eigenvalue weighted by molar-refractivity contribution is 1.06. The van der Waals surface area contributed by atoms with E-state index in [1.165, 1.54) is 11.1 Å². The maximum absolute atomic E-state index is 3.83. The van der Waals surface area contributed by atoms with Crippen molar-refractivity contribution in [3.63, 3.8) is 0 Å². The smallest absolute Gasteiger partial charge is 0.0632 e. The molecule has 1 heteroatoms. The van der Waals surface area contributed by atoms with E-state index >= 15 is 0 Å². The Kier molecular flexibility index (Phi) is 2.84. The first-order chi connectivity index (χ1) is 5.36. The van der Waals surface area contributed by atoms with Crippen molar-refractivity contribution in [1.29, 1.82) is 0 Å². The van der Waals surface area contributed by atoms with Gasteiger partial charge < -0.3 is 0 Å². The summed E-state index contributed by atoms with van der Waals surface area (Å²) in [4.78, 5) is 3.83. The van der Waals surface area contributed by atoms with Gasteiger partial charge in [-0.2, -0.15) is 0 Å². The van der Waals surface area contributed by atoms with Crippen LogP contribution in [0.25, 0.3) is 0 Å². The summed E-state index contributed by atoms with van der Waals surface area (Å²) in [6.45, 7) is 6.34. The summed E-state index contributed by atoms with van der Waals surface area (Å²) >= 11 is 0. The molecule has 1 aromatic carbocycles. The number of rotatable bonds is 3. The summed E-state index contributed by atoms with van der Waals surface area (Å²) in [6, 6.07) is 8.45. The normalized spacial score (nSPS) is 9.55. The maximum atomic E-state index is 3.83. The molecule has 1 nitrogen and oxygen atoms in total. The Morgan fingerprint density at radius 3 is 2.73 bits per heavy atom. The van der Waals surface area contributed by atoms with Gasteiger partial charge in [-0.15, -0.1) is 0 Å². The van der Waals surface area contributed by atoms with Crippen molar-refractivity contribution in [3.8, 4) is 0 Å². The predicted octanol–water partition coefficient (Wildman–Crippen LogP) is 2.45. The molecular weight excluding hydrogens is 134 g/mol. The molecule has 0 bridgehead atoms. The van der Waals surface area contributed by atoms with Gasteiger partial charge in [0, 0.05) is 0 Å². The van der Waals surface area contributed by atoms with Crippen molar-refractivity contribution >= 4 is 6.72 Å². The van der Waals surface area contributed by atoms with Crippen molar-refractivity contribution in [2.24, 2.45) is 4.99 Å². The lowest BCUT2D eigenvalue weighted by atomic mass is 10.1. The van der Waals surface area contributed by atoms with Gasteiger partial charge in [0.25, 0.3) is 0 Å². The van der Waals surface area contributed by atoms with Crippen molar-refractivity contribution < 1.29 is 0 Å². The first kappa shape index (κ1) is 7.99. The molecule has 0 radical (unpaired) electrons. The zero-order valence-corrected chi connectivity index (χ0v) is 6.88. The minimum absolute atomic E-state index is 0.730. The van der Waals surface area contributed by atoms with Crippen LogP contribution in [0.2, 0.25) is 0 Å². The Balaban J connectivity index is 2.82. The Morgan fingerprint density at radius 2 is 2.09 bits per heavy atom. The van der Waals surface area contributed by atoms with Gasteiger partial charge >= 0.3 is 0 Å². The molecule has 1 aromatic rings.